The largest absolute Gasteiger partial charge is 0.468 e. The molecule has 1 unspecified atom stereocenters. The maximum atomic E-state index is 11.2. The minimum atomic E-state index is -0.0931. The third-order valence-electron chi connectivity index (χ3n) is 3.10. The van der Waals surface area contributed by atoms with Crippen molar-refractivity contribution in [3.63, 3.8) is 0 Å². The zero-order valence-electron chi connectivity index (χ0n) is 7.38. The molecule has 2 aliphatic rings. The van der Waals surface area contributed by atoms with Crippen molar-refractivity contribution >= 4 is 5.97 Å². The summed E-state index contributed by atoms with van der Waals surface area (Å²) >= 11 is 0. The van der Waals surface area contributed by atoms with Crippen molar-refractivity contribution in [3.8, 4) is 0 Å². The van der Waals surface area contributed by atoms with Crippen LogP contribution in [0.15, 0.2) is 0 Å². The van der Waals surface area contributed by atoms with E-state index in [4.69, 9.17) is 4.74 Å². The number of carbonyl (C=O) groups is 1. The second-order valence-corrected chi connectivity index (χ2v) is 3.78. The number of hydrogen-bond donors (Lipinski definition) is 1. The highest BCUT2D eigenvalue weighted by atomic mass is 16.5. The van der Waals surface area contributed by atoms with Gasteiger partial charge in [0.05, 0.1) is 7.11 Å². The molecule has 0 aromatic carbocycles. The van der Waals surface area contributed by atoms with Gasteiger partial charge >= 0.3 is 5.97 Å². The Hall–Kier alpha value is -0.570. The molecule has 2 fully saturated rings. The summed E-state index contributed by atoms with van der Waals surface area (Å²) in [4.78, 5) is 11.2. The Kier molecular flexibility index (Phi) is 2.05. The molecule has 3 atom stereocenters. The molecule has 1 aliphatic heterocycles. The summed E-state index contributed by atoms with van der Waals surface area (Å²) in [5, 5.41) is 3.33. The molecule has 1 aliphatic carbocycles. The zero-order chi connectivity index (χ0) is 8.55. The Balaban J connectivity index is 1.94. The first-order valence-electron chi connectivity index (χ1n) is 4.65. The van der Waals surface area contributed by atoms with Gasteiger partial charge in [0.2, 0.25) is 0 Å². The van der Waals surface area contributed by atoms with Crippen LogP contribution in [0.4, 0.5) is 0 Å². The molecule has 1 N–H and O–H groups in total. The highest BCUT2D eigenvalue weighted by Gasteiger charge is 2.39. The summed E-state index contributed by atoms with van der Waals surface area (Å²) in [5.41, 5.74) is 0. The molecule has 68 valence electrons. The van der Waals surface area contributed by atoms with Crippen LogP contribution in [-0.2, 0) is 9.53 Å². The van der Waals surface area contributed by atoms with Crippen molar-refractivity contribution in [2.45, 2.75) is 37.8 Å². The van der Waals surface area contributed by atoms with Crippen LogP contribution in [0.2, 0.25) is 0 Å². The first-order chi connectivity index (χ1) is 5.81. The molecule has 3 nitrogen and oxygen atoms in total. The van der Waals surface area contributed by atoms with Crippen molar-refractivity contribution in [3.05, 3.63) is 0 Å². The predicted octanol–water partition coefficient (Wildman–Crippen LogP) is 0.690. The Labute approximate surface area is 72.5 Å². The first kappa shape index (κ1) is 8.05. The summed E-state index contributed by atoms with van der Waals surface area (Å²) in [6, 6.07) is 0.569. The maximum Gasteiger partial charge on any atom is 0.322 e. The molecule has 12 heavy (non-hydrogen) atoms. The lowest BCUT2D eigenvalue weighted by molar-refractivity contribution is -0.142. The molecule has 1 saturated carbocycles. The van der Waals surface area contributed by atoms with Gasteiger partial charge < -0.3 is 10.1 Å². The SMILES string of the molecule is COC(=O)C1C[C@H]2CCC[C@H]2N1. The molecular formula is C9H15NO2. The van der Waals surface area contributed by atoms with Crippen molar-refractivity contribution < 1.29 is 9.53 Å². The summed E-state index contributed by atoms with van der Waals surface area (Å²) in [6.45, 7) is 0. The molecule has 1 saturated heterocycles. The molecule has 0 radical (unpaired) electrons. The average Bonchev–Trinajstić information content (AvgIpc) is 2.60. The van der Waals surface area contributed by atoms with E-state index in [-0.39, 0.29) is 12.0 Å². The van der Waals surface area contributed by atoms with Crippen molar-refractivity contribution in [1.82, 2.24) is 5.32 Å². The van der Waals surface area contributed by atoms with Crippen LogP contribution in [0.3, 0.4) is 0 Å². The van der Waals surface area contributed by atoms with Gasteiger partial charge in [-0.3, -0.25) is 4.79 Å². The van der Waals surface area contributed by atoms with E-state index in [0.717, 1.165) is 12.3 Å². The van der Waals surface area contributed by atoms with Crippen LogP contribution in [0.25, 0.3) is 0 Å². The standard InChI is InChI=1S/C9H15NO2/c1-12-9(11)8-5-6-3-2-4-7(6)10-8/h6-8,10H,2-5H2,1H3/t6-,7-,8?/m1/s1. The second-order valence-electron chi connectivity index (χ2n) is 3.78. The van der Waals surface area contributed by atoms with E-state index in [1.165, 1.54) is 26.4 Å². The molecule has 1 heterocycles. The summed E-state index contributed by atoms with van der Waals surface area (Å²) in [5.74, 6) is 0.637. The summed E-state index contributed by atoms with van der Waals surface area (Å²) < 4.78 is 4.70. The number of rotatable bonds is 1. The monoisotopic (exact) mass is 169 g/mol. The third kappa shape index (κ3) is 1.22. The molecule has 2 rings (SSSR count). The van der Waals surface area contributed by atoms with E-state index in [1.807, 2.05) is 0 Å². The smallest absolute Gasteiger partial charge is 0.322 e. The van der Waals surface area contributed by atoms with Crippen LogP contribution in [0.1, 0.15) is 25.7 Å². The maximum absolute atomic E-state index is 11.2. The predicted molar refractivity (Wildman–Crippen MR) is 44.7 cm³/mol. The Morgan fingerprint density at radius 3 is 3.00 bits per heavy atom. The molecule has 0 aromatic rings. The van der Waals surface area contributed by atoms with Gasteiger partial charge in [-0.25, -0.2) is 0 Å². The lowest BCUT2D eigenvalue weighted by atomic mass is 10.0. The highest BCUT2D eigenvalue weighted by molar-refractivity contribution is 5.76. The van der Waals surface area contributed by atoms with Crippen LogP contribution in [-0.4, -0.2) is 25.2 Å². The molecule has 0 amide bonds. The van der Waals surface area contributed by atoms with Gasteiger partial charge in [-0.1, -0.05) is 6.42 Å². The number of nitrogens with one attached hydrogen (secondary N) is 1. The van der Waals surface area contributed by atoms with Gasteiger partial charge in [0.15, 0.2) is 0 Å². The number of methoxy groups -OCH3 is 1. The normalized spacial score (nSPS) is 39.6. The van der Waals surface area contributed by atoms with E-state index in [2.05, 4.69) is 5.32 Å². The van der Waals surface area contributed by atoms with E-state index < -0.39 is 0 Å². The van der Waals surface area contributed by atoms with Crippen LogP contribution >= 0.6 is 0 Å². The van der Waals surface area contributed by atoms with Gasteiger partial charge in [-0.2, -0.15) is 0 Å². The molecule has 3 heteroatoms. The van der Waals surface area contributed by atoms with Crippen LogP contribution in [0.5, 0.6) is 0 Å². The van der Waals surface area contributed by atoms with Gasteiger partial charge in [-0.15, -0.1) is 0 Å². The zero-order valence-corrected chi connectivity index (χ0v) is 7.38. The lowest BCUT2D eigenvalue weighted by Crippen LogP contribution is -2.35. The van der Waals surface area contributed by atoms with Gasteiger partial charge in [0.1, 0.15) is 6.04 Å². The highest BCUT2D eigenvalue weighted by Crippen LogP contribution is 2.34. The van der Waals surface area contributed by atoms with E-state index in [0.29, 0.717) is 6.04 Å². The Morgan fingerprint density at radius 2 is 2.33 bits per heavy atom. The van der Waals surface area contributed by atoms with Gasteiger partial charge in [0.25, 0.3) is 0 Å². The Bertz CT molecular complexity index is 181. The number of hydrogen-bond acceptors (Lipinski definition) is 3. The summed E-state index contributed by atoms with van der Waals surface area (Å²) in [7, 11) is 1.46. The van der Waals surface area contributed by atoms with E-state index >= 15 is 0 Å². The van der Waals surface area contributed by atoms with Crippen molar-refractivity contribution in [2.24, 2.45) is 5.92 Å². The molecule has 0 aromatic heterocycles. The van der Waals surface area contributed by atoms with Gasteiger partial charge in [-0.05, 0) is 25.2 Å². The quantitative estimate of drug-likeness (QED) is 0.587. The number of ether oxygens (including phenoxy) is 1. The van der Waals surface area contributed by atoms with Gasteiger partial charge in [0, 0.05) is 6.04 Å². The lowest BCUT2D eigenvalue weighted by Gasteiger charge is -2.09. The average molecular weight is 169 g/mol. The van der Waals surface area contributed by atoms with E-state index in [1.54, 1.807) is 0 Å². The molecule has 0 spiro atoms. The van der Waals surface area contributed by atoms with E-state index in [9.17, 15) is 4.79 Å². The summed E-state index contributed by atoms with van der Waals surface area (Å²) in [6.07, 6.45) is 4.82. The minimum absolute atomic E-state index is 0.0229. The second kappa shape index (κ2) is 3.05. The minimum Gasteiger partial charge on any atom is -0.468 e. The molecule has 0 bridgehead atoms. The van der Waals surface area contributed by atoms with Crippen molar-refractivity contribution in [2.75, 3.05) is 7.11 Å². The number of fused-ring (bicyclic) bond motifs is 1. The first-order valence-corrected chi connectivity index (χ1v) is 4.65. The molecular weight excluding hydrogens is 154 g/mol. The Morgan fingerprint density at radius 1 is 1.50 bits per heavy atom. The van der Waals surface area contributed by atoms with Crippen LogP contribution < -0.4 is 5.32 Å². The third-order valence-corrected chi connectivity index (χ3v) is 3.10. The fraction of sp³-hybridized carbons (Fsp3) is 0.889. The van der Waals surface area contributed by atoms with Crippen molar-refractivity contribution in [1.29, 1.82) is 0 Å². The topological polar surface area (TPSA) is 38.3 Å². The number of carbonyl (C=O) groups excluding carboxylic acids is 1. The fourth-order valence-electron chi connectivity index (χ4n) is 2.47. The van der Waals surface area contributed by atoms with Crippen LogP contribution in [0, 0.1) is 5.92 Å². The number of esters is 1. The fourth-order valence-corrected chi connectivity index (χ4v) is 2.47.